The van der Waals surface area contributed by atoms with Crippen LogP contribution in [0.4, 0.5) is 0 Å². The van der Waals surface area contributed by atoms with E-state index in [1.54, 1.807) is 18.2 Å². The minimum atomic E-state index is -0.310. The highest BCUT2D eigenvalue weighted by molar-refractivity contribution is 5.97. The molecule has 0 saturated heterocycles. The minimum absolute atomic E-state index is 0.133. The number of rotatable bonds is 9. The third kappa shape index (κ3) is 5.09. The van der Waals surface area contributed by atoms with E-state index in [2.05, 4.69) is 12.2 Å². The highest BCUT2D eigenvalue weighted by Gasteiger charge is 2.13. The maximum Gasteiger partial charge on any atom is 0.255 e. The van der Waals surface area contributed by atoms with Gasteiger partial charge in [-0.3, -0.25) is 4.79 Å². The molecule has 0 bridgehead atoms. The van der Waals surface area contributed by atoms with Gasteiger partial charge >= 0.3 is 0 Å². The number of ether oxygens (including phenoxy) is 2. The van der Waals surface area contributed by atoms with Crippen LogP contribution in [0.1, 0.15) is 36.5 Å². The van der Waals surface area contributed by atoms with Crippen molar-refractivity contribution in [1.29, 1.82) is 0 Å². The lowest BCUT2D eigenvalue weighted by Gasteiger charge is -2.09. The zero-order chi connectivity index (χ0) is 14.8. The van der Waals surface area contributed by atoms with Crippen LogP contribution in [0.15, 0.2) is 18.2 Å². The van der Waals surface area contributed by atoms with E-state index < -0.39 is 0 Å². The molecule has 0 unspecified atom stereocenters. The van der Waals surface area contributed by atoms with Gasteiger partial charge in [-0.05, 0) is 25.0 Å². The SMILES string of the molecule is CCCCOCCCNC(=O)c1cccc(OC)c1O. The largest absolute Gasteiger partial charge is 0.504 e. The Kier molecular flexibility index (Phi) is 7.50. The van der Waals surface area contributed by atoms with Crippen molar-refractivity contribution in [2.45, 2.75) is 26.2 Å². The molecule has 2 N–H and O–H groups in total. The van der Waals surface area contributed by atoms with Crippen LogP contribution in [0.25, 0.3) is 0 Å². The van der Waals surface area contributed by atoms with Gasteiger partial charge in [-0.25, -0.2) is 0 Å². The molecule has 1 aromatic rings. The molecule has 0 aliphatic carbocycles. The number of methoxy groups -OCH3 is 1. The fourth-order valence-electron chi connectivity index (χ4n) is 1.69. The standard InChI is InChI=1S/C15H23NO4/c1-3-4-10-20-11-6-9-16-15(18)12-7-5-8-13(19-2)14(12)17/h5,7-8,17H,3-4,6,9-11H2,1-2H3,(H,16,18). The predicted molar refractivity (Wildman–Crippen MR) is 77.3 cm³/mol. The molecule has 0 aliphatic heterocycles. The number of phenolic OH excluding ortho intramolecular Hbond substituents is 1. The second kappa shape index (κ2) is 9.20. The highest BCUT2D eigenvalue weighted by Crippen LogP contribution is 2.29. The van der Waals surface area contributed by atoms with Gasteiger partial charge in [0, 0.05) is 19.8 Å². The van der Waals surface area contributed by atoms with Crippen molar-refractivity contribution in [1.82, 2.24) is 5.32 Å². The maximum absolute atomic E-state index is 11.9. The van der Waals surface area contributed by atoms with E-state index >= 15 is 0 Å². The first-order chi connectivity index (χ1) is 9.70. The molecule has 0 atom stereocenters. The average molecular weight is 281 g/mol. The molecule has 0 radical (unpaired) electrons. The second-order valence-electron chi connectivity index (χ2n) is 4.43. The summed E-state index contributed by atoms with van der Waals surface area (Å²) in [6.07, 6.45) is 2.93. The minimum Gasteiger partial charge on any atom is -0.504 e. The van der Waals surface area contributed by atoms with Crippen molar-refractivity contribution in [2.24, 2.45) is 0 Å². The summed E-state index contributed by atoms with van der Waals surface area (Å²) in [7, 11) is 1.45. The summed E-state index contributed by atoms with van der Waals surface area (Å²) in [5.41, 5.74) is 0.219. The van der Waals surface area contributed by atoms with Gasteiger partial charge in [0.05, 0.1) is 12.7 Å². The monoisotopic (exact) mass is 281 g/mol. The zero-order valence-corrected chi connectivity index (χ0v) is 12.1. The van der Waals surface area contributed by atoms with Crippen molar-refractivity contribution in [3.63, 3.8) is 0 Å². The summed E-state index contributed by atoms with van der Waals surface area (Å²) < 4.78 is 10.4. The van der Waals surface area contributed by atoms with E-state index in [1.807, 2.05) is 0 Å². The predicted octanol–water partition coefficient (Wildman–Crippen LogP) is 2.34. The van der Waals surface area contributed by atoms with E-state index in [0.29, 0.717) is 18.9 Å². The van der Waals surface area contributed by atoms with Crippen molar-refractivity contribution in [3.05, 3.63) is 23.8 Å². The Labute approximate surface area is 119 Å². The van der Waals surface area contributed by atoms with Crippen LogP contribution in [0, 0.1) is 0 Å². The number of para-hydroxylation sites is 1. The van der Waals surface area contributed by atoms with Gasteiger partial charge in [0.25, 0.3) is 5.91 Å². The Morgan fingerprint density at radius 1 is 1.30 bits per heavy atom. The van der Waals surface area contributed by atoms with Crippen molar-refractivity contribution < 1.29 is 19.4 Å². The van der Waals surface area contributed by atoms with Gasteiger partial charge in [0.2, 0.25) is 0 Å². The normalized spacial score (nSPS) is 10.3. The Balaban J connectivity index is 2.33. The number of amides is 1. The van der Waals surface area contributed by atoms with E-state index in [1.165, 1.54) is 7.11 Å². The summed E-state index contributed by atoms with van der Waals surface area (Å²) in [6.45, 7) is 4.03. The number of phenols is 1. The van der Waals surface area contributed by atoms with Crippen LogP contribution in [0.5, 0.6) is 11.5 Å². The fourth-order valence-corrected chi connectivity index (χ4v) is 1.69. The lowest BCUT2D eigenvalue weighted by molar-refractivity contribution is 0.0937. The van der Waals surface area contributed by atoms with E-state index in [-0.39, 0.29) is 17.2 Å². The first-order valence-corrected chi connectivity index (χ1v) is 6.92. The Hall–Kier alpha value is -1.75. The lowest BCUT2D eigenvalue weighted by Crippen LogP contribution is -2.25. The van der Waals surface area contributed by atoms with Crippen LogP contribution < -0.4 is 10.1 Å². The Bertz CT molecular complexity index is 420. The second-order valence-corrected chi connectivity index (χ2v) is 4.43. The molecule has 0 saturated carbocycles. The van der Waals surface area contributed by atoms with Gasteiger partial charge < -0.3 is 19.9 Å². The summed E-state index contributed by atoms with van der Waals surface area (Å²) in [4.78, 5) is 11.9. The maximum atomic E-state index is 11.9. The number of nitrogens with one attached hydrogen (secondary N) is 1. The van der Waals surface area contributed by atoms with Crippen molar-refractivity contribution in [3.8, 4) is 11.5 Å². The number of carbonyl (C=O) groups is 1. The molecule has 1 rings (SSSR count). The van der Waals surface area contributed by atoms with E-state index in [0.717, 1.165) is 25.9 Å². The fraction of sp³-hybridized carbons (Fsp3) is 0.533. The molecular formula is C15H23NO4. The number of carbonyl (C=O) groups excluding carboxylic acids is 1. The Morgan fingerprint density at radius 2 is 2.05 bits per heavy atom. The summed E-state index contributed by atoms with van der Waals surface area (Å²) >= 11 is 0. The van der Waals surface area contributed by atoms with Gasteiger partial charge in [-0.1, -0.05) is 19.4 Å². The number of benzene rings is 1. The van der Waals surface area contributed by atoms with E-state index in [4.69, 9.17) is 9.47 Å². The smallest absolute Gasteiger partial charge is 0.255 e. The van der Waals surface area contributed by atoms with Crippen LogP contribution in [0.3, 0.4) is 0 Å². The number of unbranched alkanes of at least 4 members (excludes halogenated alkanes) is 1. The van der Waals surface area contributed by atoms with Crippen molar-refractivity contribution >= 4 is 5.91 Å². The molecule has 0 spiro atoms. The molecule has 0 aromatic heterocycles. The molecule has 0 aliphatic rings. The third-order valence-electron chi connectivity index (χ3n) is 2.86. The first-order valence-electron chi connectivity index (χ1n) is 6.92. The quantitative estimate of drug-likeness (QED) is 0.682. The summed E-state index contributed by atoms with van der Waals surface area (Å²) in [5, 5.41) is 12.6. The summed E-state index contributed by atoms with van der Waals surface area (Å²) in [6, 6.07) is 4.83. The topological polar surface area (TPSA) is 67.8 Å². The van der Waals surface area contributed by atoms with Crippen LogP contribution >= 0.6 is 0 Å². The molecule has 0 fully saturated rings. The number of hydrogen-bond acceptors (Lipinski definition) is 4. The summed E-state index contributed by atoms with van der Waals surface area (Å²) in [5.74, 6) is -0.151. The van der Waals surface area contributed by atoms with E-state index in [9.17, 15) is 9.90 Å². The van der Waals surface area contributed by atoms with Crippen molar-refractivity contribution in [2.75, 3.05) is 26.9 Å². The lowest BCUT2D eigenvalue weighted by atomic mass is 10.1. The van der Waals surface area contributed by atoms with Gasteiger partial charge in [-0.15, -0.1) is 0 Å². The molecular weight excluding hydrogens is 258 g/mol. The molecule has 0 heterocycles. The van der Waals surface area contributed by atoms with Crippen LogP contribution in [0.2, 0.25) is 0 Å². The van der Waals surface area contributed by atoms with Gasteiger partial charge in [-0.2, -0.15) is 0 Å². The average Bonchev–Trinajstić information content (AvgIpc) is 2.46. The molecule has 112 valence electrons. The molecule has 5 heteroatoms. The molecule has 1 amide bonds. The third-order valence-corrected chi connectivity index (χ3v) is 2.86. The molecule has 1 aromatic carbocycles. The number of aromatic hydroxyl groups is 1. The van der Waals surface area contributed by atoms with Gasteiger partial charge in [0.15, 0.2) is 11.5 Å². The van der Waals surface area contributed by atoms with Crippen LogP contribution in [-0.2, 0) is 4.74 Å². The zero-order valence-electron chi connectivity index (χ0n) is 12.1. The first kappa shape index (κ1) is 16.3. The number of hydrogen-bond donors (Lipinski definition) is 2. The van der Waals surface area contributed by atoms with Gasteiger partial charge in [0.1, 0.15) is 0 Å². The Morgan fingerprint density at radius 3 is 2.75 bits per heavy atom. The molecule has 5 nitrogen and oxygen atoms in total. The highest BCUT2D eigenvalue weighted by atomic mass is 16.5. The molecule has 20 heavy (non-hydrogen) atoms. The van der Waals surface area contributed by atoms with Crippen LogP contribution in [-0.4, -0.2) is 37.9 Å².